The lowest BCUT2D eigenvalue weighted by molar-refractivity contribution is -0.173. The highest BCUT2D eigenvalue weighted by Gasteiger charge is 2.25. The van der Waals surface area contributed by atoms with E-state index in [1.807, 2.05) is 60.7 Å². The molecule has 8 heteroatoms. The minimum atomic E-state index is -1.02. The van der Waals surface area contributed by atoms with Crippen molar-refractivity contribution in [3.8, 4) is 0 Å². The van der Waals surface area contributed by atoms with Crippen LogP contribution in [0.1, 0.15) is 36.8 Å². The van der Waals surface area contributed by atoms with Crippen molar-refractivity contribution in [1.82, 2.24) is 0 Å². The van der Waals surface area contributed by atoms with E-state index in [0.29, 0.717) is 12.8 Å². The number of carboxylic acid groups (broad SMARTS) is 2. The summed E-state index contributed by atoms with van der Waals surface area (Å²) >= 11 is 0. The molecule has 2 unspecified atom stereocenters. The molecular formula is C25H28O8. The number of rotatable bonds is 14. The first-order chi connectivity index (χ1) is 15.8. The molecule has 176 valence electrons. The number of carbonyl (C=O) groups is 4. The third-order valence-corrected chi connectivity index (χ3v) is 5.13. The van der Waals surface area contributed by atoms with E-state index in [2.05, 4.69) is 0 Å². The lowest BCUT2D eigenvalue weighted by Gasteiger charge is -2.18. The number of benzene rings is 2. The summed E-state index contributed by atoms with van der Waals surface area (Å²) in [6, 6.07) is 18.3. The summed E-state index contributed by atoms with van der Waals surface area (Å²) in [5, 5.41) is 17.9. The molecule has 0 radical (unpaired) electrons. The number of hydrogen-bond acceptors (Lipinski definition) is 6. The van der Waals surface area contributed by atoms with Gasteiger partial charge in [0.05, 0.1) is 11.8 Å². The predicted octanol–water partition coefficient (Wildman–Crippen LogP) is 3.48. The van der Waals surface area contributed by atoms with Crippen molar-refractivity contribution >= 4 is 23.9 Å². The smallest absolute Gasteiger partial charge is 0.312 e. The second kappa shape index (κ2) is 13.7. The van der Waals surface area contributed by atoms with Crippen LogP contribution >= 0.6 is 0 Å². The highest BCUT2D eigenvalue weighted by Crippen LogP contribution is 2.18. The molecule has 0 spiro atoms. The third kappa shape index (κ3) is 9.99. The van der Waals surface area contributed by atoms with Gasteiger partial charge in [-0.25, -0.2) is 0 Å². The predicted molar refractivity (Wildman–Crippen MR) is 118 cm³/mol. The number of carboxylic acids is 2. The molecule has 8 nitrogen and oxygen atoms in total. The van der Waals surface area contributed by atoms with Crippen LogP contribution in [-0.2, 0) is 41.5 Å². The molecule has 0 aromatic heterocycles. The quantitative estimate of drug-likeness (QED) is 0.327. The summed E-state index contributed by atoms with van der Waals surface area (Å²) in [4.78, 5) is 47.0. The maximum atomic E-state index is 12.5. The molecule has 0 fully saturated rings. The first-order valence-electron chi connectivity index (χ1n) is 10.7. The minimum absolute atomic E-state index is 0.0895. The molecule has 0 saturated carbocycles. The van der Waals surface area contributed by atoms with Crippen LogP contribution in [0.25, 0.3) is 0 Å². The minimum Gasteiger partial charge on any atom is -0.481 e. The monoisotopic (exact) mass is 456 g/mol. The second-order valence-electron chi connectivity index (χ2n) is 7.68. The van der Waals surface area contributed by atoms with Gasteiger partial charge in [-0.15, -0.1) is 0 Å². The molecular weight excluding hydrogens is 428 g/mol. The van der Waals surface area contributed by atoms with E-state index < -0.39 is 42.5 Å². The Kier molecular flexibility index (Phi) is 10.6. The second-order valence-corrected chi connectivity index (χ2v) is 7.68. The maximum Gasteiger partial charge on any atom is 0.312 e. The van der Waals surface area contributed by atoms with Gasteiger partial charge in [0.25, 0.3) is 0 Å². The van der Waals surface area contributed by atoms with Crippen LogP contribution in [0.3, 0.4) is 0 Å². The van der Waals surface area contributed by atoms with Gasteiger partial charge < -0.3 is 19.7 Å². The van der Waals surface area contributed by atoms with E-state index in [1.54, 1.807) is 0 Å². The molecule has 33 heavy (non-hydrogen) atoms. The van der Waals surface area contributed by atoms with Crippen LogP contribution in [0, 0.1) is 11.8 Å². The Morgan fingerprint density at radius 1 is 0.636 bits per heavy atom. The number of ether oxygens (including phenoxy) is 2. The van der Waals surface area contributed by atoms with Gasteiger partial charge in [0.15, 0.2) is 0 Å². The summed E-state index contributed by atoms with van der Waals surface area (Å²) < 4.78 is 10.2. The fraction of sp³-hybridized carbons (Fsp3) is 0.360. The average molecular weight is 456 g/mol. The van der Waals surface area contributed by atoms with E-state index >= 15 is 0 Å². The zero-order chi connectivity index (χ0) is 24.1. The Bertz CT molecular complexity index is 835. The van der Waals surface area contributed by atoms with Gasteiger partial charge >= 0.3 is 23.9 Å². The molecule has 0 aliphatic heterocycles. The highest BCUT2D eigenvalue weighted by molar-refractivity contribution is 5.76. The third-order valence-electron chi connectivity index (χ3n) is 5.13. The largest absolute Gasteiger partial charge is 0.481 e. The van der Waals surface area contributed by atoms with Gasteiger partial charge in [0, 0.05) is 12.8 Å². The van der Waals surface area contributed by atoms with Crippen LogP contribution in [0.5, 0.6) is 0 Å². The van der Waals surface area contributed by atoms with Crippen molar-refractivity contribution in [2.24, 2.45) is 11.8 Å². The zero-order valence-electron chi connectivity index (χ0n) is 18.2. The van der Waals surface area contributed by atoms with Gasteiger partial charge in [-0.1, -0.05) is 60.7 Å². The molecule has 0 heterocycles. The summed E-state index contributed by atoms with van der Waals surface area (Å²) in [7, 11) is 0. The van der Waals surface area contributed by atoms with Gasteiger partial charge in [-0.2, -0.15) is 0 Å². The standard InChI is InChI=1S/C25H28O8/c26-22(27)13-11-20(15-18-7-3-1-4-8-18)24(30)32-17-33-25(31)21(12-14-23(28)29)16-19-9-5-2-6-10-19/h1-10,20-21H,11-17H2,(H,26,27)(H,28,29). The summed E-state index contributed by atoms with van der Waals surface area (Å²) in [5.74, 6) is -4.75. The normalized spacial score (nSPS) is 12.4. The summed E-state index contributed by atoms with van der Waals surface area (Å²) in [6.07, 6.45) is 0.395. The Balaban J connectivity index is 1.93. The Morgan fingerprint density at radius 3 is 1.33 bits per heavy atom. The van der Waals surface area contributed by atoms with E-state index in [4.69, 9.17) is 19.7 Å². The molecule has 0 aliphatic carbocycles. The van der Waals surface area contributed by atoms with Crippen LogP contribution in [0.2, 0.25) is 0 Å². The molecule has 0 aliphatic rings. The van der Waals surface area contributed by atoms with Crippen molar-refractivity contribution in [3.63, 3.8) is 0 Å². The molecule has 2 atom stereocenters. The molecule has 2 rings (SSSR count). The van der Waals surface area contributed by atoms with Gasteiger partial charge in [0.2, 0.25) is 6.79 Å². The van der Waals surface area contributed by atoms with E-state index in [1.165, 1.54) is 0 Å². The highest BCUT2D eigenvalue weighted by atomic mass is 16.7. The van der Waals surface area contributed by atoms with Crippen molar-refractivity contribution in [1.29, 1.82) is 0 Å². The van der Waals surface area contributed by atoms with Crippen LogP contribution in [0.4, 0.5) is 0 Å². The number of hydrogen-bond donors (Lipinski definition) is 2. The molecule has 2 aromatic rings. The fourth-order valence-corrected chi connectivity index (χ4v) is 3.38. The summed E-state index contributed by atoms with van der Waals surface area (Å²) in [5.41, 5.74) is 1.72. The fourth-order valence-electron chi connectivity index (χ4n) is 3.38. The van der Waals surface area contributed by atoms with Crippen LogP contribution < -0.4 is 0 Å². The van der Waals surface area contributed by atoms with Crippen LogP contribution in [0.15, 0.2) is 60.7 Å². The van der Waals surface area contributed by atoms with E-state index in [9.17, 15) is 19.2 Å². The van der Waals surface area contributed by atoms with Gasteiger partial charge in [0.1, 0.15) is 0 Å². The van der Waals surface area contributed by atoms with Crippen LogP contribution in [-0.4, -0.2) is 40.9 Å². The number of carbonyl (C=O) groups excluding carboxylic acids is 2. The van der Waals surface area contributed by atoms with Crippen molar-refractivity contribution in [2.75, 3.05) is 6.79 Å². The lowest BCUT2D eigenvalue weighted by Crippen LogP contribution is -2.26. The van der Waals surface area contributed by atoms with Gasteiger partial charge in [-0.3, -0.25) is 19.2 Å². The Morgan fingerprint density at radius 2 is 1.00 bits per heavy atom. The first-order valence-corrected chi connectivity index (χ1v) is 10.7. The molecule has 0 bridgehead atoms. The molecule has 0 amide bonds. The lowest BCUT2D eigenvalue weighted by atomic mass is 9.95. The topological polar surface area (TPSA) is 127 Å². The van der Waals surface area contributed by atoms with E-state index in [0.717, 1.165) is 11.1 Å². The zero-order valence-corrected chi connectivity index (χ0v) is 18.2. The van der Waals surface area contributed by atoms with Crippen molar-refractivity contribution < 1.29 is 38.9 Å². The van der Waals surface area contributed by atoms with Gasteiger partial charge in [-0.05, 0) is 36.8 Å². The summed E-state index contributed by atoms with van der Waals surface area (Å²) in [6.45, 7) is -0.617. The first kappa shape index (κ1) is 25.6. The molecule has 2 aromatic carbocycles. The Hall–Kier alpha value is -3.68. The Labute approximate surface area is 192 Å². The number of aliphatic carboxylic acids is 2. The average Bonchev–Trinajstić information content (AvgIpc) is 2.80. The number of esters is 2. The maximum absolute atomic E-state index is 12.5. The molecule has 0 saturated heterocycles. The SMILES string of the molecule is O=C(O)CCC(Cc1ccccc1)C(=O)OCOC(=O)C(CCC(=O)O)Cc1ccccc1. The molecule has 2 N–H and O–H groups in total. The van der Waals surface area contributed by atoms with Crippen molar-refractivity contribution in [2.45, 2.75) is 38.5 Å². The van der Waals surface area contributed by atoms with E-state index in [-0.39, 0.29) is 25.7 Å². The van der Waals surface area contributed by atoms with Crippen molar-refractivity contribution in [3.05, 3.63) is 71.8 Å².